The molecule has 1 fully saturated rings. The molecule has 1 aliphatic carbocycles. The highest BCUT2D eigenvalue weighted by Crippen LogP contribution is 2.21. The topological polar surface area (TPSA) is 93.7 Å². The van der Waals surface area contributed by atoms with Gasteiger partial charge in [-0.15, -0.1) is 0 Å². The lowest BCUT2D eigenvalue weighted by Gasteiger charge is -2.32. The number of benzene rings is 2. The zero-order valence-electron chi connectivity index (χ0n) is 19.2. The smallest absolute Gasteiger partial charge is 0.251 e. The third-order valence-electron chi connectivity index (χ3n) is 6.63. The van der Waals surface area contributed by atoms with Gasteiger partial charge in [-0.05, 0) is 55.0 Å². The van der Waals surface area contributed by atoms with E-state index in [0.29, 0.717) is 18.2 Å². The number of carbonyl (C=O) groups excluding carboxylic acids is 2. The van der Waals surface area contributed by atoms with E-state index in [1.807, 2.05) is 23.1 Å². The van der Waals surface area contributed by atoms with E-state index < -0.39 is 6.10 Å². The molecule has 0 bridgehead atoms. The zero-order chi connectivity index (χ0) is 23.2. The van der Waals surface area contributed by atoms with Gasteiger partial charge in [0, 0.05) is 56.4 Å². The Labute approximate surface area is 195 Å². The summed E-state index contributed by atoms with van der Waals surface area (Å²) in [6.07, 6.45) is 3.08. The van der Waals surface area contributed by atoms with Crippen LogP contribution in [0.25, 0.3) is 0 Å². The fourth-order valence-electron chi connectivity index (χ4n) is 4.72. The van der Waals surface area contributed by atoms with Crippen LogP contribution < -0.4 is 16.0 Å². The highest BCUT2D eigenvalue weighted by molar-refractivity contribution is 5.95. The number of fused-ring (bicyclic) bond motifs is 1. The average molecular weight is 451 g/mol. The molecule has 33 heavy (non-hydrogen) atoms. The molecule has 0 radical (unpaired) electrons. The van der Waals surface area contributed by atoms with Gasteiger partial charge < -0.3 is 26.0 Å². The van der Waals surface area contributed by atoms with E-state index in [1.54, 1.807) is 13.0 Å². The first-order valence-corrected chi connectivity index (χ1v) is 11.9. The first-order chi connectivity index (χ1) is 16.0. The summed E-state index contributed by atoms with van der Waals surface area (Å²) in [7, 11) is 0. The van der Waals surface area contributed by atoms with E-state index in [1.165, 1.54) is 11.1 Å². The summed E-state index contributed by atoms with van der Waals surface area (Å²) in [4.78, 5) is 26.0. The number of carbonyl (C=O) groups is 2. The number of aliphatic hydroxyl groups excluding tert-OH is 1. The van der Waals surface area contributed by atoms with Crippen molar-refractivity contribution in [3.8, 4) is 0 Å². The third-order valence-corrected chi connectivity index (χ3v) is 6.63. The number of likely N-dealkylation sites (tertiary alicyclic amines) is 1. The summed E-state index contributed by atoms with van der Waals surface area (Å²) in [6, 6.07) is 16.5. The van der Waals surface area contributed by atoms with Gasteiger partial charge in [0.2, 0.25) is 5.91 Å². The minimum Gasteiger partial charge on any atom is -0.390 e. The fourth-order valence-corrected chi connectivity index (χ4v) is 4.72. The summed E-state index contributed by atoms with van der Waals surface area (Å²) in [5.74, 6) is -0.0739. The molecule has 4 N–H and O–H groups in total. The predicted octanol–water partition coefficient (Wildman–Crippen LogP) is 1.96. The maximum atomic E-state index is 12.6. The minimum absolute atomic E-state index is 0.123. The van der Waals surface area contributed by atoms with Gasteiger partial charge in [0.05, 0.1) is 6.10 Å². The van der Waals surface area contributed by atoms with Crippen molar-refractivity contribution >= 4 is 17.5 Å². The highest BCUT2D eigenvalue weighted by atomic mass is 16.3. The van der Waals surface area contributed by atoms with Crippen LogP contribution in [0.4, 0.5) is 5.69 Å². The van der Waals surface area contributed by atoms with Gasteiger partial charge in [-0.1, -0.05) is 30.3 Å². The van der Waals surface area contributed by atoms with Gasteiger partial charge in [0.25, 0.3) is 5.91 Å². The van der Waals surface area contributed by atoms with Crippen molar-refractivity contribution < 1.29 is 14.7 Å². The van der Waals surface area contributed by atoms with E-state index in [9.17, 15) is 14.7 Å². The number of piperidine rings is 1. The molecule has 1 heterocycles. The summed E-state index contributed by atoms with van der Waals surface area (Å²) in [5.41, 5.74) is 4.20. The Morgan fingerprint density at radius 3 is 2.36 bits per heavy atom. The van der Waals surface area contributed by atoms with E-state index in [0.717, 1.165) is 44.5 Å². The number of rotatable bonds is 8. The van der Waals surface area contributed by atoms with Crippen LogP contribution in [-0.2, 0) is 17.6 Å². The SMILES string of the molecule is CC(=O)N1CCC(Nc2cccc(C(=O)NC[C@@H](O)CNC3Cc4ccccc4C3)c2)CC1. The van der Waals surface area contributed by atoms with Crippen molar-refractivity contribution in [1.29, 1.82) is 0 Å². The number of aliphatic hydroxyl groups is 1. The number of nitrogens with one attached hydrogen (secondary N) is 3. The minimum atomic E-state index is -0.648. The van der Waals surface area contributed by atoms with E-state index in [-0.39, 0.29) is 24.4 Å². The Morgan fingerprint density at radius 1 is 1.00 bits per heavy atom. The predicted molar refractivity (Wildman–Crippen MR) is 129 cm³/mol. The zero-order valence-corrected chi connectivity index (χ0v) is 19.2. The molecule has 0 spiro atoms. The lowest BCUT2D eigenvalue weighted by Crippen LogP contribution is -2.42. The maximum absolute atomic E-state index is 12.6. The second-order valence-corrected chi connectivity index (χ2v) is 9.15. The van der Waals surface area contributed by atoms with E-state index in [4.69, 9.17) is 0 Å². The molecule has 7 heteroatoms. The van der Waals surface area contributed by atoms with Crippen LogP contribution >= 0.6 is 0 Å². The number of anilines is 1. The fraction of sp³-hybridized carbons (Fsp3) is 0.462. The van der Waals surface area contributed by atoms with Crippen molar-refractivity contribution in [3.63, 3.8) is 0 Å². The molecule has 2 aliphatic rings. The van der Waals surface area contributed by atoms with Gasteiger partial charge in [0.1, 0.15) is 0 Å². The highest BCUT2D eigenvalue weighted by Gasteiger charge is 2.22. The molecule has 1 aliphatic heterocycles. The molecule has 1 atom stereocenters. The summed E-state index contributed by atoms with van der Waals surface area (Å²) in [6.45, 7) is 3.76. The lowest BCUT2D eigenvalue weighted by atomic mass is 10.0. The molecule has 0 saturated carbocycles. The average Bonchev–Trinajstić information content (AvgIpc) is 3.25. The second-order valence-electron chi connectivity index (χ2n) is 9.15. The number of hydrogen-bond acceptors (Lipinski definition) is 5. The Hall–Kier alpha value is -2.90. The maximum Gasteiger partial charge on any atom is 0.251 e. The van der Waals surface area contributed by atoms with Gasteiger partial charge in [-0.25, -0.2) is 0 Å². The van der Waals surface area contributed by atoms with Crippen LogP contribution in [0.5, 0.6) is 0 Å². The van der Waals surface area contributed by atoms with Gasteiger partial charge >= 0.3 is 0 Å². The quantitative estimate of drug-likeness (QED) is 0.493. The Bertz CT molecular complexity index is 947. The van der Waals surface area contributed by atoms with Crippen LogP contribution in [-0.4, -0.2) is 66.2 Å². The monoisotopic (exact) mass is 450 g/mol. The molecular formula is C26H34N4O3. The summed E-state index contributed by atoms with van der Waals surface area (Å²) >= 11 is 0. The molecule has 2 aromatic rings. The largest absolute Gasteiger partial charge is 0.390 e. The van der Waals surface area contributed by atoms with Crippen LogP contribution in [0.15, 0.2) is 48.5 Å². The third kappa shape index (κ3) is 6.33. The molecule has 4 rings (SSSR count). The van der Waals surface area contributed by atoms with Crippen LogP contribution in [0.1, 0.15) is 41.3 Å². The Balaban J connectivity index is 1.19. The van der Waals surface area contributed by atoms with Crippen LogP contribution in [0.2, 0.25) is 0 Å². The van der Waals surface area contributed by atoms with Crippen molar-refractivity contribution in [2.45, 2.75) is 50.8 Å². The van der Waals surface area contributed by atoms with Gasteiger partial charge in [0.15, 0.2) is 0 Å². The number of nitrogens with zero attached hydrogens (tertiary/aromatic N) is 1. The normalized spacial score (nSPS) is 17.5. The summed E-state index contributed by atoms with van der Waals surface area (Å²) < 4.78 is 0. The van der Waals surface area contributed by atoms with Crippen LogP contribution in [0, 0.1) is 0 Å². The summed E-state index contributed by atoms with van der Waals surface area (Å²) in [5, 5.41) is 20.1. The lowest BCUT2D eigenvalue weighted by molar-refractivity contribution is -0.129. The molecule has 7 nitrogen and oxygen atoms in total. The standard InChI is InChI=1S/C26H34N4O3/c1-18(31)30-11-9-22(10-12-30)29-23-8-4-7-21(15-23)26(33)28-17-25(32)16-27-24-13-19-5-2-3-6-20(19)14-24/h2-8,15,22,24-25,27,29,32H,9-14,16-17H2,1H3,(H,28,33)/t25-/m0/s1. The molecule has 0 aromatic heterocycles. The molecule has 1 saturated heterocycles. The molecule has 2 aromatic carbocycles. The van der Waals surface area contributed by atoms with Crippen molar-refractivity contribution in [2.24, 2.45) is 0 Å². The first-order valence-electron chi connectivity index (χ1n) is 11.9. The first kappa shape index (κ1) is 23.3. The molecule has 2 amide bonds. The Morgan fingerprint density at radius 2 is 1.70 bits per heavy atom. The number of hydrogen-bond donors (Lipinski definition) is 4. The molecule has 0 unspecified atom stereocenters. The van der Waals surface area contributed by atoms with Crippen molar-refractivity contribution in [2.75, 3.05) is 31.5 Å². The Kier molecular flexibility index (Phi) is 7.62. The van der Waals surface area contributed by atoms with E-state index >= 15 is 0 Å². The number of amides is 2. The van der Waals surface area contributed by atoms with Gasteiger partial charge in [-0.2, -0.15) is 0 Å². The van der Waals surface area contributed by atoms with Crippen LogP contribution in [0.3, 0.4) is 0 Å². The van der Waals surface area contributed by atoms with E-state index in [2.05, 4.69) is 40.2 Å². The van der Waals surface area contributed by atoms with Crippen molar-refractivity contribution in [1.82, 2.24) is 15.5 Å². The second kappa shape index (κ2) is 10.8. The molecular weight excluding hydrogens is 416 g/mol. The van der Waals surface area contributed by atoms with Gasteiger partial charge in [-0.3, -0.25) is 9.59 Å². The molecule has 176 valence electrons. The van der Waals surface area contributed by atoms with Crippen molar-refractivity contribution in [3.05, 3.63) is 65.2 Å².